The molecule has 2 aromatic rings. The van der Waals surface area contributed by atoms with E-state index in [9.17, 15) is 18.7 Å². The Bertz CT molecular complexity index is 1510. The van der Waals surface area contributed by atoms with Crippen molar-refractivity contribution in [1.82, 2.24) is 0 Å². The number of carbonyl (C=O) groups is 1. The molecule has 6 rings (SSSR count). The third-order valence-electron chi connectivity index (χ3n) is 14.3. The van der Waals surface area contributed by atoms with Crippen molar-refractivity contribution < 1.29 is 37.5 Å². The van der Waals surface area contributed by atoms with Crippen LogP contribution in [-0.2, 0) is 4.79 Å². The average molecular weight is 982 g/mol. The fourth-order valence-corrected chi connectivity index (χ4v) is 11.9. The Balaban J connectivity index is 0.000000326. The summed E-state index contributed by atoms with van der Waals surface area (Å²) >= 11 is 6.50. The fourth-order valence-electron chi connectivity index (χ4n) is 11.0. The van der Waals surface area contributed by atoms with Gasteiger partial charge in [0.1, 0.15) is 24.0 Å². The number of halogens is 4. The van der Waals surface area contributed by atoms with Crippen LogP contribution in [0.1, 0.15) is 182 Å². The SMILES string of the molecule is C=C(C1CCC(C2CCC(CCC)CC2)CC1)C(O)c1c(F)cccc1Br.C=C(C=O)C1CCC(C2CCC(CCC)CC2)CC1.CC(C)[N-]C(C)C.Fc1cccc(Br)c1.[Li+]. The number of allylic oxidation sites excluding steroid dienone is 1. The molecule has 0 aromatic heterocycles. The third-order valence-corrected chi connectivity index (χ3v) is 15.4. The Hall–Kier alpha value is -1.07. The maximum atomic E-state index is 14.2. The molecule has 3 nitrogen and oxygen atoms in total. The normalized spacial score (nSPS) is 26.5. The number of rotatable bonds is 13. The van der Waals surface area contributed by atoms with E-state index in [0.717, 1.165) is 70.3 Å². The third kappa shape index (κ3) is 20.2. The molecular weight excluding hydrogens is 899 g/mol. The van der Waals surface area contributed by atoms with Crippen molar-refractivity contribution in [3.05, 3.63) is 98.2 Å². The molecule has 0 amide bonds. The first-order valence-corrected chi connectivity index (χ1v) is 25.8. The van der Waals surface area contributed by atoms with E-state index >= 15 is 0 Å². The van der Waals surface area contributed by atoms with Crippen LogP contribution in [0.3, 0.4) is 0 Å². The number of aliphatic hydroxyl groups excluding tert-OH is 1. The van der Waals surface area contributed by atoms with Crippen molar-refractivity contribution in [2.24, 2.45) is 47.3 Å². The molecule has 0 bridgehead atoms. The molecule has 0 aliphatic heterocycles. The van der Waals surface area contributed by atoms with Crippen molar-refractivity contribution in [2.75, 3.05) is 0 Å². The summed E-state index contributed by atoms with van der Waals surface area (Å²) < 4.78 is 27.7. The van der Waals surface area contributed by atoms with Gasteiger partial charge < -0.3 is 10.4 Å². The zero-order valence-electron chi connectivity index (χ0n) is 39.8. The monoisotopic (exact) mass is 979 g/mol. The minimum atomic E-state index is -0.924. The zero-order valence-corrected chi connectivity index (χ0v) is 43.0. The Kier molecular flexibility index (Phi) is 28.5. The number of hydrogen-bond donors (Lipinski definition) is 1. The van der Waals surface area contributed by atoms with Gasteiger partial charge in [0, 0.05) is 14.5 Å². The zero-order chi connectivity index (χ0) is 44.9. The number of carbonyl (C=O) groups excluding carboxylic acids is 1. The molecule has 1 unspecified atom stereocenters. The molecule has 1 N–H and O–H groups in total. The van der Waals surface area contributed by atoms with Crippen LogP contribution in [-0.4, -0.2) is 23.5 Å². The first-order chi connectivity index (χ1) is 29.2. The summed E-state index contributed by atoms with van der Waals surface area (Å²) in [7, 11) is 0. The molecule has 62 heavy (non-hydrogen) atoms. The molecule has 4 fully saturated rings. The van der Waals surface area contributed by atoms with Crippen LogP contribution in [0.25, 0.3) is 5.32 Å². The van der Waals surface area contributed by atoms with Gasteiger partial charge in [0.2, 0.25) is 0 Å². The quantitative estimate of drug-likeness (QED) is 0.0941. The molecule has 0 heterocycles. The van der Waals surface area contributed by atoms with E-state index in [2.05, 4.69) is 91.9 Å². The van der Waals surface area contributed by atoms with Crippen molar-refractivity contribution >= 4 is 38.1 Å². The van der Waals surface area contributed by atoms with Crippen LogP contribution in [0.4, 0.5) is 8.78 Å². The molecule has 2 aromatic carbocycles. The average Bonchev–Trinajstić information content (AvgIpc) is 3.24. The summed E-state index contributed by atoms with van der Waals surface area (Å²) in [6.45, 7) is 21.1. The Morgan fingerprint density at radius 1 is 0.694 bits per heavy atom. The Morgan fingerprint density at radius 3 is 1.45 bits per heavy atom. The molecule has 0 radical (unpaired) electrons. The van der Waals surface area contributed by atoms with Gasteiger partial charge in [-0.1, -0.05) is 150 Å². The van der Waals surface area contributed by atoms with Crippen LogP contribution in [0.15, 0.2) is 75.7 Å². The maximum Gasteiger partial charge on any atom is 1.00 e. The Labute approximate surface area is 406 Å². The van der Waals surface area contributed by atoms with E-state index in [1.54, 1.807) is 24.3 Å². The van der Waals surface area contributed by atoms with Crippen molar-refractivity contribution in [3.8, 4) is 0 Å². The van der Waals surface area contributed by atoms with E-state index < -0.39 is 6.10 Å². The summed E-state index contributed by atoms with van der Waals surface area (Å²) in [5.41, 5.74) is 1.95. The van der Waals surface area contributed by atoms with Gasteiger partial charge in [-0.2, -0.15) is 0 Å². The van der Waals surface area contributed by atoms with Gasteiger partial charge in [-0.05, 0) is 166 Å². The van der Waals surface area contributed by atoms with Gasteiger partial charge in [0.25, 0.3) is 0 Å². The van der Waals surface area contributed by atoms with Crippen LogP contribution in [0.2, 0.25) is 0 Å². The molecule has 344 valence electrons. The number of benzene rings is 2. The van der Waals surface area contributed by atoms with Gasteiger partial charge in [-0.25, -0.2) is 8.78 Å². The minimum absolute atomic E-state index is 0. The predicted octanol–water partition coefficient (Wildman–Crippen LogP) is 14.5. The van der Waals surface area contributed by atoms with E-state index in [-0.39, 0.29) is 30.5 Å². The summed E-state index contributed by atoms with van der Waals surface area (Å²) in [4.78, 5) is 10.8. The van der Waals surface area contributed by atoms with Crippen LogP contribution in [0, 0.1) is 59.0 Å². The predicted molar refractivity (Wildman–Crippen MR) is 263 cm³/mol. The molecule has 4 saturated carbocycles. The summed E-state index contributed by atoms with van der Waals surface area (Å²) in [5, 5.41) is 15.0. The fraction of sp³-hybridized carbons (Fsp3) is 0.685. The second-order valence-corrected chi connectivity index (χ2v) is 21.2. The topological polar surface area (TPSA) is 51.4 Å². The van der Waals surface area contributed by atoms with Crippen LogP contribution < -0.4 is 18.9 Å². The standard InChI is InChI=1S/C24H34BrFO.C18H30O.C6H4BrF.C6H14N.Li/c1-3-5-17-8-10-19(11-9-17)20-14-12-18(13-15-20)16(2)24(27)23-21(25)6-4-7-22(23)26;1-3-4-15-5-7-17(8-6-15)18-11-9-16(10-12-18)14(2)13-19;7-5-2-1-3-6(8)4-5;1-5(2)7-6(3)4;/h4,6-7,17-20,24,27H,2-3,5,8-15H2,1H3;13,15-18H,2-12H2,1H3;1-4H;5-6H,1-4H3;/q;;;-1;+1. The van der Waals surface area contributed by atoms with Crippen LogP contribution >= 0.6 is 31.9 Å². The molecule has 0 spiro atoms. The second kappa shape index (κ2) is 31.0. The number of hydrogen-bond acceptors (Lipinski definition) is 2. The largest absolute Gasteiger partial charge is 1.00 e. The number of nitrogens with zero attached hydrogens (tertiary/aromatic N) is 1. The molecule has 8 heteroatoms. The van der Waals surface area contributed by atoms with Crippen molar-refractivity contribution in [2.45, 2.75) is 188 Å². The Morgan fingerprint density at radius 2 is 1.11 bits per heavy atom. The van der Waals surface area contributed by atoms with E-state index in [0.29, 0.717) is 34.0 Å². The van der Waals surface area contributed by atoms with Gasteiger partial charge in [0.05, 0.1) is 0 Å². The maximum absolute atomic E-state index is 14.2. The van der Waals surface area contributed by atoms with Crippen molar-refractivity contribution in [1.29, 1.82) is 0 Å². The van der Waals surface area contributed by atoms with E-state index in [1.165, 1.54) is 134 Å². The second-order valence-electron chi connectivity index (χ2n) is 19.4. The molecule has 4 aliphatic carbocycles. The van der Waals surface area contributed by atoms with Gasteiger partial charge in [-0.15, -0.1) is 12.1 Å². The van der Waals surface area contributed by atoms with Gasteiger partial charge in [-0.3, -0.25) is 4.79 Å². The summed E-state index contributed by atoms with van der Waals surface area (Å²) in [6, 6.07) is 12.1. The minimum Gasteiger partial charge on any atom is -0.658 e. The first-order valence-electron chi connectivity index (χ1n) is 24.2. The molecule has 4 aliphatic rings. The molecular formula is C54H82Br2F2LiNO2. The number of aldehydes is 1. The number of aliphatic hydroxyl groups is 1. The van der Waals surface area contributed by atoms with E-state index in [4.69, 9.17) is 0 Å². The van der Waals surface area contributed by atoms with E-state index in [1.807, 2.05) is 0 Å². The first kappa shape index (κ1) is 57.1. The molecule has 1 atom stereocenters. The van der Waals surface area contributed by atoms with Gasteiger partial charge >= 0.3 is 18.9 Å². The smallest absolute Gasteiger partial charge is 0.658 e. The van der Waals surface area contributed by atoms with Crippen molar-refractivity contribution in [3.63, 3.8) is 0 Å². The summed E-state index contributed by atoms with van der Waals surface area (Å²) in [5.74, 6) is 5.88. The summed E-state index contributed by atoms with van der Waals surface area (Å²) in [6.07, 6.45) is 26.8. The van der Waals surface area contributed by atoms with Crippen LogP contribution in [0.5, 0.6) is 0 Å². The van der Waals surface area contributed by atoms with Gasteiger partial charge in [0.15, 0.2) is 0 Å². The molecule has 0 saturated heterocycles.